The maximum Gasteiger partial charge on any atom is 0.346 e. The summed E-state index contributed by atoms with van der Waals surface area (Å²) in [5.41, 5.74) is 1.62. The van der Waals surface area contributed by atoms with E-state index in [4.69, 9.17) is 18.4 Å². The van der Waals surface area contributed by atoms with Gasteiger partial charge in [-0.3, -0.25) is 0 Å². The van der Waals surface area contributed by atoms with Crippen molar-refractivity contribution in [1.29, 1.82) is 0 Å². The Morgan fingerprint density at radius 2 is 1.94 bits per heavy atom. The molecule has 0 amide bonds. The van der Waals surface area contributed by atoms with Crippen LogP contribution < -0.4 is 13.7 Å². The number of benzene rings is 2. The number of hydrogen-bond acceptors (Lipinski definition) is 8. The minimum Gasteiger partial charge on any atom is -0.495 e. The van der Waals surface area contributed by atoms with Gasteiger partial charge >= 0.3 is 16.1 Å². The van der Waals surface area contributed by atoms with Gasteiger partial charge in [-0.25, -0.2) is 4.79 Å². The highest BCUT2D eigenvalue weighted by Crippen LogP contribution is 2.44. The highest BCUT2D eigenvalue weighted by atomic mass is 32.2. The summed E-state index contributed by atoms with van der Waals surface area (Å²) in [4.78, 5) is 12.9. The lowest BCUT2D eigenvalue weighted by atomic mass is 9.96. The topological polar surface area (TPSA) is 108 Å². The average Bonchev–Trinajstić information content (AvgIpc) is 2.64. The second-order valence-electron chi connectivity index (χ2n) is 7.92. The number of fused-ring (bicyclic) bond motifs is 2. The number of ether oxygens (including phenoxy) is 3. The smallest absolute Gasteiger partial charge is 0.346 e. The summed E-state index contributed by atoms with van der Waals surface area (Å²) in [6.07, 6.45) is 0.557. The molecule has 1 heterocycles. The van der Waals surface area contributed by atoms with E-state index in [1.54, 1.807) is 19.1 Å². The fourth-order valence-corrected chi connectivity index (χ4v) is 3.95. The summed E-state index contributed by atoms with van der Waals surface area (Å²) in [6.45, 7) is 5.55. The van der Waals surface area contributed by atoms with E-state index in [1.807, 2.05) is 13.8 Å². The van der Waals surface area contributed by atoms with Crippen molar-refractivity contribution in [1.82, 2.24) is 0 Å². The minimum atomic E-state index is -3.82. The van der Waals surface area contributed by atoms with Gasteiger partial charge in [0.05, 0.1) is 19.5 Å². The van der Waals surface area contributed by atoms with Gasteiger partial charge in [-0.15, -0.1) is 0 Å². The third kappa shape index (κ3) is 5.11. The predicted molar refractivity (Wildman–Crippen MR) is 113 cm³/mol. The summed E-state index contributed by atoms with van der Waals surface area (Å²) in [5.74, 6) is -0.0900. The minimum absolute atomic E-state index is 0.00992. The molecule has 168 valence electrons. The molecule has 0 fully saturated rings. The third-order valence-corrected chi connectivity index (χ3v) is 5.18. The molecule has 0 radical (unpaired) electrons. The fraction of sp³-hybridized carbons (Fsp3) is 0.409. The number of esters is 1. The molecule has 0 bridgehead atoms. The third-order valence-electron chi connectivity index (χ3n) is 4.70. The van der Waals surface area contributed by atoms with E-state index in [2.05, 4.69) is 0 Å². The largest absolute Gasteiger partial charge is 0.495 e. The number of aryl methyl sites for hydroxylation is 1. The van der Waals surface area contributed by atoms with E-state index in [1.165, 1.54) is 19.2 Å². The number of rotatable bonds is 6. The molecule has 1 N–H and O–H groups in total. The van der Waals surface area contributed by atoms with Crippen molar-refractivity contribution < 1.29 is 36.7 Å². The normalized spacial score (nSPS) is 14.5. The zero-order chi connectivity index (χ0) is 22.9. The lowest BCUT2D eigenvalue weighted by molar-refractivity contribution is 0.0454. The van der Waals surface area contributed by atoms with Crippen LogP contribution >= 0.6 is 0 Å². The first-order valence-electron chi connectivity index (χ1n) is 9.77. The van der Waals surface area contributed by atoms with Crippen LogP contribution in [0.1, 0.15) is 53.4 Å². The molecule has 9 heteroatoms. The van der Waals surface area contributed by atoms with E-state index in [0.29, 0.717) is 23.1 Å². The molecule has 1 unspecified atom stereocenters. The van der Waals surface area contributed by atoms with Crippen LogP contribution in [0.15, 0.2) is 24.3 Å². The molecule has 0 aliphatic carbocycles. The average molecular weight is 451 g/mol. The summed E-state index contributed by atoms with van der Waals surface area (Å²) < 4.78 is 45.5. The number of cyclic esters (lactones) is 1. The van der Waals surface area contributed by atoms with Gasteiger partial charge in [0.1, 0.15) is 23.7 Å². The van der Waals surface area contributed by atoms with Crippen molar-refractivity contribution in [2.75, 3.05) is 13.4 Å². The first-order chi connectivity index (χ1) is 14.5. The Bertz CT molecular complexity index is 1100. The van der Waals surface area contributed by atoms with Crippen LogP contribution in [0.25, 0.3) is 0 Å². The van der Waals surface area contributed by atoms with Crippen LogP contribution in [0.3, 0.4) is 0 Å². The Labute approximate surface area is 181 Å². The first kappa shape index (κ1) is 22.9. The van der Waals surface area contributed by atoms with Crippen LogP contribution in [0.2, 0.25) is 0 Å². The van der Waals surface area contributed by atoms with Crippen LogP contribution in [-0.2, 0) is 21.5 Å². The summed E-state index contributed by atoms with van der Waals surface area (Å²) in [7, 11) is -2.43. The molecular formula is C22H26O8S. The maximum absolute atomic E-state index is 12.9. The predicted octanol–water partition coefficient (Wildman–Crippen LogP) is 3.88. The SMILES string of the molecule is COc1c(C(O)CC(C)C)ccc2c1C(=O)OCc1cc(C)cc(OS(C)(=O)=O)c1O2. The lowest BCUT2D eigenvalue weighted by Gasteiger charge is -2.24. The van der Waals surface area contributed by atoms with Crippen molar-refractivity contribution in [2.45, 2.75) is 39.9 Å². The Balaban J connectivity index is 2.17. The zero-order valence-corrected chi connectivity index (χ0v) is 18.9. The summed E-state index contributed by atoms with van der Waals surface area (Å²) in [6, 6.07) is 6.39. The second-order valence-corrected chi connectivity index (χ2v) is 9.50. The molecule has 2 aromatic carbocycles. The Kier molecular flexibility index (Phi) is 6.47. The van der Waals surface area contributed by atoms with E-state index in [-0.39, 0.29) is 41.1 Å². The van der Waals surface area contributed by atoms with Gasteiger partial charge in [-0.2, -0.15) is 8.42 Å². The molecule has 3 rings (SSSR count). The van der Waals surface area contributed by atoms with Crippen LogP contribution in [0.5, 0.6) is 23.0 Å². The van der Waals surface area contributed by atoms with Gasteiger partial charge in [0.15, 0.2) is 11.5 Å². The van der Waals surface area contributed by atoms with Crippen LogP contribution in [-0.4, -0.2) is 32.9 Å². The van der Waals surface area contributed by atoms with Crippen molar-refractivity contribution in [3.63, 3.8) is 0 Å². The molecule has 2 aromatic rings. The van der Waals surface area contributed by atoms with Gasteiger partial charge in [0.2, 0.25) is 0 Å². The van der Waals surface area contributed by atoms with E-state index in [9.17, 15) is 18.3 Å². The van der Waals surface area contributed by atoms with Gasteiger partial charge in [0, 0.05) is 11.1 Å². The fourth-order valence-electron chi connectivity index (χ4n) is 3.50. The number of carbonyl (C=O) groups is 1. The molecule has 0 saturated carbocycles. The van der Waals surface area contributed by atoms with E-state index >= 15 is 0 Å². The highest BCUT2D eigenvalue weighted by Gasteiger charge is 2.30. The molecule has 1 atom stereocenters. The molecule has 8 nitrogen and oxygen atoms in total. The van der Waals surface area contributed by atoms with Crippen molar-refractivity contribution >= 4 is 16.1 Å². The van der Waals surface area contributed by atoms with Crippen LogP contribution in [0.4, 0.5) is 0 Å². The molecule has 1 aliphatic rings. The Hall–Kier alpha value is -2.78. The summed E-state index contributed by atoms with van der Waals surface area (Å²) in [5, 5.41) is 10.6. The quantitative estimate of drug-likeness (QED) is 0.522. The zero-order valence-electron chi connectivity index (χ0n) is 18.1. The van der Waals surface area contributed by atoms with Gasteiger partial charge in [-0.1, -0.05) is 13.8 Å². The van der Waals surface area contributed by atoms with Gasteiger partial charge in [-0.05, 0) is 49.1 Å². The van der Waals surface area contributed by atoms with Crippen LogP contribution in [0, 0.1) is 12.8 Å². The van der Waals surface area contributed by atoms with Crippen molar-refractivity contribution in [3.05, 3.63) is 46.5 Å². The molecule has 1 aliphatic heterocycles. The molecule has 0 spiro atoms. The van der Waals surface area contributed by atoms with E-state index < -0.39 is 22.2 Å². The summed E-state index contributed by atoms with van der Waals surface area (Å²) >= 11 is 0. The standard InChI is InChI=1S/C22H26O8S/c1-12(2)8-16(23)15-6-7-17-19(21(15)27-4)22(24)28-11-14-9-13(3)10-18(20(14)29-17)30-31(5,25)26/h6-7,9-10,12,16,23H,8,11H2,1-5H3. The Morgan fingerprint density at radius 3 is 2.55 bits per heavy atom. The van der Waals surface area contributed by atoms with E-state index in [0.717, 1.165) is 6.26 Å². The van der Waals surface area contributed by atoms with Crippen molar-refractivity contribution in [2.24, 2.45) is 5.92 Å². The number of carbonyl (C=O) groups excluding carboxylic acids is 1. The molecule has 0 aromatic heterocycles. The second kappa shape index (κ2) is 8.76. The van der Waals surface area contributed by atoms with Crippen molar-refractivity contribution in [3.8, 4) is 23.0 Å². The molecule has 0 saturated heterocycles. The molecular weight excluding hydrogens is 424 g/mol. The van der Waals surface area contributed by atoms with Gasteiger partial charge < -0.3 is 23.5 Å². The number of methoxy groups -OCH3 is 1. The number of aliphatic hydroxyl groups excluding tert-OH is 1. The van der Waals surface area contributed by atoms with Gasteiger partial charge in [0.25, 0.3) is 0 Å². The lowest BCUT2D eigenvalue weighted by Crippen LogP contribution is -2.16. The number of aliphatic hydroxyl groups is 1. The highest BCUT2D eigenvalue weighted by molar-refractivity contribution is 7.86. The monoisotopic (exact) mass is 450 g/mol. The number of hydrogen-bond donors (Lipinski definition) is 1. The molecule has 31 heavy (non-hydrogen) atoms. The Morgan fingerprint density at radius 1 is 1.23 bits per heavy atom. The first-order valence-corrected chi connectivity index (χ1v) is 11.6. The maximum atomic E-state index is 12.9.